The van der Waals surface area contributed by atoms with Gasteiger partial charge < -0.3 is 9.47 Å². The topological polar surface area (TPSA) is 18.5 Å². The van der Waals surface area contributed by atoms with Gasteiger partial charge in [-0.15, -0.1) is 0 Å². The van der Waals surface area contributed by atoms with Crippen LogP contribution in [0, 0.1) is 0 Å². The zero-order valence-electron chi connectivity index (χ0n) is 5.95. The van der Waals surface area contributed by atoms with Crippen LogP contribution in [0.15, 0.2) is 0 Å². The molecule has 0 saturated carbocycles. The van der Waals surface area contributed by atoms with Gasteiger partial charge >= 0.3 is 12.4 Å². The smallest absolute Gasteiger partial charge is 0.340 e. The first-order valence-electron chi connectivity index (χ1n) is 3.09. The molecule has 0 spiro atoms. The molecule has 0 aromatic heterocycles. The van der Waals surface area contributed by atoms with E-state index in [1.807, 2.05) is 0 Å². The van der Waals surface area contributed by atoms with Gasteiger partial charge in [-0.05, 0) is 0 Å². The summed E-state index contributed by atoms with van der Waals surface area (Å²) in [6, 6.07) is 0. The lowest BCUT2D eigenvalue weighted by Gasteiger charge is -2.21. The maximum Gasteiger partial charge on any atom is 0.417 e. The largest absolute Gasteiger partial charge is 0.417 e. The molecule has 0 aromatic carbocycles. The molecule has 2 nitrogen and oxygen atoms in total. The third-order valence-electron chi connectivity index (χ3n) is 1.42. The van der Waals surface area contributed by atoms with E-state index in [-0.39, 0.29) is 0 Å². The van der Waals surface area contributed by atoms with E-state index in [9.17, 15) is 26.3 Å². The minimum absolute atomic E-state index is 0.992. The van der Waals surface area contributed by atoms with Gasteiger partial charge in [0.05, 0.1) is 0 Å². The van der Waals surface area contributed by atoms with Gasteiger partial charge in [0, 0.05) is 0 Å². The molecule has 0 N–H and O–H groups in total. The van der Waals surface area contributed by atoms with E-state index in [4.69, 9.17) is 0 Å². The second-order valence-electron chi connectivity index (χ2n) is 2.38. The van der Waals surface area contributed by atoms with Crippen LogP contribution in [-0.2, 0) is 9.47 Å². The van der Waals surface area contributed by atoms with Crippen LogP contribution in [-0.4, -0.2) is 31.4 Å². The Labute approximate surface area is 68.4 Å². The molecule has 0 radical (unpaired) electrons. The number of alkyl halides is 6. The van der Waals surface area contributed by atoms with Gasteiger partial charge in [-0.3, -0.25) is 0 Å². The fourth-order valence-corrected chi connectivity index (χ4v) is 0.893. The first-order valence-corrected chi connectivity index (χ1v) is 3.09. The van der Waals surface area contributed by atoms with Gasteiger partial charge in [0.1, 0.15) is 6.79 Å². The van der Waals surface area contributed by atoms with Crippen LogP contribution in [0.4, 0.5) is 26.3 Å². The Kier molecular flexibility index (Phi) is 2.46. The van der Waals surface area contributed by atoms with E-state index in [0.29, 0.717) is 0 Å². The van der Waals surface area contributed by atoms with Crippen LogP contribution in [0.5, 0.6) is 0 Å². The lowest BCUT2D eigenvalue weighted by molar-refractivity contribution is -0.260. The SMILES string of the molecule is FC(F)(F)C1OCOC1C(F)(F)F. The summed E-state index contributed by atoms with van der Waals surface area (Å²) in [6.45, 7) is -0.992. The Balaban J connectivity index is 2.76. The zero-order valence-corrected chi connectivity index (χ0v) is 5.95. The summed E-state index contributed by atoms with van der Waals surface area (Å²) in [4.78, 5) is 0. The first-order chi connectivity index (χ1) is 5.73. The second kappa shape index (κ2) is 3.02. The van der Waals surface area contributed by atoms with Gasteiger partial charge in [-0.2, -0.15) is 26.3 Å². The minimum Gasteiger partial charge on any atom is -0.340 e. The molecule has 2 unspecified atom stereocenters. The van der Waals surface area contributed by atoms with Gasteiger partial charge in [0.25, 0.3) is 0 Å². The normalized spacial score (nSPS) is 30.9. The van der Waals surface area contributed by atoms with Crippen molar-refractivity contribution in [2.24, 2.45) is 0 Å². The average molecular weight is 210 g/mol. The number of ether oxygens (including phenoxy) is 2. The quantitative estimate of drug-likeness (QED) is 0.568. The predicted octanol–water partition coefficient (Wildman–Crippen LogP) is 1.85. The summed E-state index contributed by atoms with van der Waals surface area (Å²) in [5.74, 6) is 0. The summed E-state index contributed by atoms with van der Waals surface area (Å²) < 4.78 is 78.6. The Morgan fingerprint density at radius 2 is 1.08 bits per heavy atom. The molecule has 0 aromatic rings. The minimum atomic E-state index is -5.06. The molecule has 1 saturated heterocycles. The molecule has 1 aliphatic heterocycles. The van der Waals surface area contributed by atoms with Gasteiger partial charge in [0.15, 0.2) is 12.2 Å². The van der Waals surface area contributed by atoms with Crippen LogP contribution < -0.4 is 0 Å². The van der Waals surface area contributed by atoms with Crippen molar-refractivity contribution in [2.75, 3.05) is 6.79 Å². The summed E-state index contributed by atoms with van der Waals surface area (Å²) in [7, 11) is 0. The third-order valence-corrected chi connectivity index (χ3v) is 1.42. The van der Waals surface area contributed by atoms with E-state index in [0.717, 1.165) is 0 Å². The Morgan fingerprint density at radius 3 is 1.31 bits per heavy atom. The van der Waals surface area contributed by atoms with Crippen molar-refractivity contribution in [3.63, 3.8) is 0 Å². The molecule has 8 heteroatoms. The molecular formula is C5H4F6O2. The molecule has 0 amide bonds. The highest BCUT2D eigenvalue weighted by atomic mass is 19.4. The van der Waals surface area contributed by atoms with Crippen LogP contribution in [0.2, 0.25) is 0 Å². The number of hydrogen-bond donors (Lipinski definition) is 0. The van der Waals surface area contributed by atoms with Crippen molar-refractivity contribution < 1.29 is 35.8 Å². The van der Waals surface area contributed by atoms with E-state index in [1.54, 1.807) is 0 Å². The fourth-order valence-electron chi connectivity index (χ4n) is 0.893. The Hall–Kier alpha value is -0.500. The molecule has 2 atom stereocenters. The van der Waals surface area contributed by atoms with Crippen LogP contribution >= 0.6 is 0 Å². The predicted molar refractivity (Wildman–Crippen MR) is 26.7 cm³/mol. The maximum absolute atomic E-state index is 11.8. The number of rotatable bonds is 0. The lowest BCUT2D eigenvalue weighted by Crippen LogP contribution is -2.45. The average Bonchev–Trinajstić information content (AvgIpc) is 2.27. The molecule has 13 heavy (non-hydrogen) atoms. The Bertz CT molecular complexity index is 164. The molecule has 1 heterocycles. The van der Waals surface area contributed by atoms with Crippen LogP contribution in [0.1, 0.15) is 0 Å². The molecule has 1 rings (SSSR count). The van der Waals surface area contributed by atoms with Gasteiger partial charge in [-0.25, -0.2) is 0 Å². The standard InChI is InChI=1S/C5H4F6O2/c6-4(7,8)2-3(5(9,10)11)13-1-12-2/h2-3H,1H2. The second-order valence-corrected chi connectivity index (χ2v) is 2.38. The molecule has 1 aliphatic rings. The van der Waals surface area contributed by atoms with Gasteiger partial charge in [-0.1, -0.05) is 0 Å². The van der Waals surface area contributed by atoms with E-state index in [2.05, 4.69) is 9.47 Å². The summed E-state index contributed by atoms with van der Waals surface area (Å²) >= 11 is 0. The molecule has 0 bridgehead atoms. The van der Waals surface area contributed by atoms with E-state index >= 15 is 0 Å². The highest BCUT2D eigenvalue weighted by Gasteiger charge is 2.60. The molecule has 0 aliphatic carbocycles. The number of hydrogen-bond acceptors (Lipinski definition) is 2. The maximum atomic E-state index is 11.8. The van der Waals surface area contributed by atoms with E-state index in [1.165, 1.54) is 0 Å². The van der Waals surface area contributed by atoms with Crippen molar-refractivity contribution in [2.45, 2.75) is 24.6 Å². The van der Waals surface area contributed by atoms with Crippen LogP contribution in [0.3, 0.4) is 0 Å². The third kappa shape index (κ3) is 2.25. The fraction of sp³-hybridized carbons (Fsp3) is 1.00. The summed E-state index contributed by atoms with van der Waals surface area (Å²) in [5.41, 5.74) is 0. The molecular weight excluding hydrogens is 206 g/mol. The molecule has 1 fully saturated rings. The van der Waals surface area contributed by atoms with Crippen molar-refractivity contribution >= 4 is 0 Å². The Morgan fingerprint density at radius 1 is 0.769 bits per heavy atom. The van der Waals surface area contributed by atoms with Crippen molar-refractivity contribution in [1.29, 1.82) is 0 Å². The number of halogens is 6. The van der Waals surface area contributed by atoms with Gasteiger partial charge in [0.2, 0.25) is 0 Å². The summed E-state index contributed by atoms with van der Waals surface area (Å²) in [5, 5.41) is 0. The molecule has 78 valence electrons. The monoisotopic (exact) mass is 210 g/mol. The van der Waals surface area contributed by atoms with E-state index < -0.39 is 31.4 Å². The lowest BCUT2D eigenvalue weighted by atomic mass is 10.2. The van der Waals surface area contributed by atoms with Crippen molar-refractivity contribution in [1.82, 2.24) is 0 Å². The first kappa shape index (κ1) is 10.6. The highest BCUT2D eigenvalue weighted by molar-refractivity contribution is 4.85. The highest BCUT2D eigenvalue weighted by Crippen LogP contribution is 2.38. The van der Waals surface area contributed by atoms with Crippen molar-refractivity contribution in [3.8, 4) is 0 Å². The van der Waals surface area contributed by atoms with Crippen molar-refractivity contribution in [3.05, 3.63) is 0 Å². The summed E-state index contributed by atoms with van der Waals surface area (Å²) in [6.07, 6.45) is -15.9. The zero-order chi connectivity index (χ0) is 10.3. The van der Waals surface area contributed by atoms with Crippen LogP contribution in [0.25, 0.3) is 0 Å².